The van der Waals surface area contributed by atoms with E-state index in [1.54, 1.807) is 24.3 Å². The Labute approximate surface area is 133 Å². The molecular weight excluding hydrogens is 293 g/mol. The van der Waals surface area contributed by atoms with Gasteiger partial charge in [0.15, 0.2) is 0 Å². The molecule has 3 atom stereocenters. The van der Waals surface area contributed by atoms with Crippen LogP contribution >= 0.6 is 0 Å². The van der Waals surface area contributed by atoms with Gasteiger partial charge in [0.1, 0.15) is 5.82 Å². The van der Waals surface area contributed by atoms with Crippen molar-refractivity contribution in [2.24, 2.45) is 5.92 Å². The summed E-state index contributed by atoms with van der Waals surface area (Å²) in [6.07, 6.45) is 5.24. The number of rotatable bonds is 2. The third-order valence-corrected chi connectivity index (χ3v) is 4.86. The van der Waals surface area contributed by atoms with Crippen LogP contribution in [-0.4, -0.2) is 11.1 Å². The first-order chi connectivity index (χ1) is 11.1. The molecule has 1 aliphatic carbocycles. The summed E-state index contributed by atoms with van der Waals surface area (Å²) in [6, 6.07) is 11.8. The van der Waals surface area contributed by atoms with Crippen LogP contribution in [0.3, 0.4) is 0 Å². The van der Waals surface area contributed by atoms with Crippen LogP contribution in [0, 0.1) is 11.7 Å². The standard InChI is InChI=1S/C19H16FNO2/c20-12-9-7-11(8-10-12)17-14-4-1-3-13(14)15-5-2-6-16(19(22)23)18(15)21-17/h1-3,5-10,13-14,17,21H,4H2,(H,22,23)/t13-,14-,17-/m0/s1. The Bertz CT molecular complexity index is 798. The van der Waals surface area contributed by atoms with Gasteiger partial charge >= 0.3 is 5.97 Å². The van der Waals surface area contributed by atoms with Crippen molar-refractivity contribution in [1.82, 2.24) is 0 Å². The second kappa shape index (κ2) is 5.23. The normalized spacial score (nSPS) is 24.7. The van der Waals surface area contributed by atoms with E-state index in [0.717, 1.165) is 17.5 Å². The number of benzene rings is 2. The van der Waals surface area contributed by atoms with E-state index in [1.807, 2.05) is 6.07 Å². The molecule has 2 N–H and O–H groups in total. The minimum atomic E-state index is -0.937. The van der Waals surface area contributed by atoms with Crippen molar-refractivity contribution in [3.8, 4) is 0 Å². The summed E-state index contributed by atoms with van der Waals surface area (Å²) in [6.45, 7) is 0. The Balaban J connectivity index is 1.83. The summed E-state index contributed by atoms with van der Waals surface area (Å²) in [4.78, 5) is 11.5. The predicted molar refractivity (Wildman–Crippen MR) is 86.2 cm³/mol. The number of hydrogen-bond acceptors (Lipinski definition) is 2. The van der Waals surface area contributed by atoms with Gasteiger partial charge in [-0.2, -0.15) is 0 Å². The molecule has 0 spiro atoms. The fraction of sp³-hybridized carbons (Fsp3) is 0.211. The summed E-state index contributed by atoms with van der Waals surface area (Å²) < 4.78 is 13.2. The number of halogens is 1. The van der Waals surface area contributed by atoms with Crippen LogP contribution in [0.15, 0.2) is 54.6 Å². The Kier molecular flexibility index (Phi) is 3.18. The van der Waals surface area contributed by atoms with Crippen LogP contribution in [0.2, 0.25) is 0 Å². The average molecular weight is 309 g/mol. The highest BCUT2D eigenvalue weighted by Crippen LogP contribution is 2.50. The number of fused-ring (bicyclic) bond motifs is 3. The van der Waals surface area contributed by atoms with Gasteiger partial charge in [0.25, 0.3) is 0 Å². The van der Waals surface area contributed by atoms with Crippen LogP contribution in [0.25, 0.3) is 0 Å². The summed E-state index contributed by atoms with van der Waals surface area (Å²) >= 11 is 0. The molecule has 0 fully saturated rings. The van der Waals surface area contributed by atoms with E-state index in [-0.39, 0.29) is 23.3 Å². The topological polar surface area (TPSA) is 49.3 Å². The Morgan fingerprint density at radius 1 is 1.17 bits per heavy atom. The summed E-state index contributed by atoms with van der Waals surface area (Å²) in [7, 11) is 0. The molecule has 3 nitrogen and oxygen atoms in total. The first kappa shape index (κ1) is 14.0. The van der Waals surface area contributed by atoms with Crippen molar-refractivity contribution in [2.75, 3.05) is 5.32 Å². The molecule has 0 radical (unpaired) electrons. The van der Waals surface area contributed by atoms with Crippen LogP contribution < -0.4 is 5.32 Å². The zero-order valence-corrected chi connectivity index (χ0v) is 12.4. The highest BCUT2D eigenvalue weighted by molar-refractivity contribution is 5.95. The van der Waals surface area contributed by atoms with Crippen LogP contribution in [0.5, 0.6) is 0 Å². The van der Waals surface area contributed by atoms with E-state index in [4.69, 9.17) is 0 Å². The fourth-order valence-corrected chi connectivity index (χ4v) is 3.80. The van der Waals surface area contributed by atoms with Gasteiger partial charge in [-0.05, 0) is 41.7 Å². The zero-order valence-electron chi connectivity index (χ0n) is 12.4. The molecule has 4 rings (SSSR count). The first-order valence-corrected chi connectivity index (χ1v) is 7.70. The molecule has 4 heteroatoms. The maximum atomic E-state index is 13.2. The number of allylic oxidation sites excluding steroid dienone is 2. The molecule has 0 aromatic heterocycles. The zero-order chi connectivity index (χ0) is 16.0. The third kappa shape index (κ3) is 2.22. The van der Waals surface area contributed by atoms with Crippen molar-refractivity contribution >= 4 is 11.7 Å². The monoisotopic (exact) mass is 309 g/mol. The third-order valence-electron chi connectivity index (χ3n) is 4.86. The molecule has 0 saturated carbocycles. The van der Waals surface area contributed by atoms with E-state index < -0.39 is 5.97 Å². The Morgan fingerprint density at radius 3 is 2.70 bits per heavy atom. The lowest BCUT2D eigenvalue weighted by Gasteiger charge is -2.38. The van der Waals surface area contributed by atoms with Crippen molar-refractivity contribution in [2.45, 2.75) is 18.4 Å². The molecule has 23 heavy (non-hydrogen) atoms. The van der Waals surface area contributed by atoms with E-state index in [2.05, 4.69) is 17.5 Å². The number of para-hydroxylation sites is 1. The number of carbonyl (C=O) groups is 1. The van der Waals surface area contributed by atoms with Gasteiger partial charge in [-0.15, -0.1) is 0 Å². The van der Waals surface area contributed by atoms with Crippen molar-refractivity contribution < 1.29 is 14.3 Å². The van der Waals surface area contributed by atoms with Gasteiger partial charge in [-0.3, -0.25) is 0 Å². The predicted octanol–water partition coefficient (Wildman–Crippen LogP) is 4.35. The number of carboxylic acid groups (broad SMARTS) is 1. The minimum absolute atomic E-state index is 0.0244. The maximum absolute atomic E-state index is 13.2. The highest BCUT2D eigenvalue weighted by Gasteiger charge is 2.39. The largest absolute Gasteiger partial charge is 0.478 e. The van der Waals surface area contributed by atoms with E-state index in [1.165, 1.54) is 12.1 Å². The summed E-state index contributed by atoms with van der Waals surface area (Å²) in [5.74, 6) is -0.692. The number of nitrogens with one attached hydrogen (secondary N) is 1. The number of hydrogen-bond donors (Lipinski definition) is 2. The number of carboxylic acids is 1. The molecule has 0 unspecified atom stereocenters. The van der Waals surface area contributed by atoms with Crippen LogP contribution in [0.1, 0.15) is 39.9 Å². The number of aromatic carboxylic acids is 1. The van der Waals surface area contributed by atoms with Gasteiger partial charge in [0, 0.05) is 5.92 Å². The van der Waals surface area contributed by atoms with Crippen LogP contribution in [0.4, 0.5) is 10.1 Å². The second-order valence-electron chi connectivity index (χ2n) is 6.10. The van der Waals surface area contributed by atoms with Crippen molar-refractivity contribution in [3.05, 3.63) is 77.1 Å². The SMILES string of the molecule is O=C(O)c1cccc2c1N[C@@H](c1ccc(F)cc1)[C@H]1CC=C[C@H]21. The Hall–Kier alpha value is -2.62. The van der Waals surface area contributed by atoms with Gasteiger partial charge in [0.05, 0.1) is 17.3 Å². The first-order valence-electron chi connectivity index (χ1n) is 7.70. The molecular formula is C19H16FNO2. The molecule has 0 saturated heterocycles. The molecule has 2 aliphatic rings. The van der Waals surface area contributed by atoms with E-state index in [9.17, 15) is 14.3 Å². The van der Waals surface area contributed by atoms with Crippen molar-refractivity contribution in [3.63, 3.8) is 0 Å². The van der Waals surface area contributed by atoms with Crippen LogP contribution in [-0.2, 0) is 0 Å². The van der Waals surface area contributed by atoms with E-state index in [0.29, 0.717) is 11.6 Å². The second-order valence-corrected chi connectivity index (χ2v) is 6.10. The minimum Gasteiger partial charge on any atom is -0.478 e. The molecule has 1 heterocycles. The Morgan fingerprint density at radius 2 is 1.96 bits per heavy atom. The van der Waals surface area contributed by atoms with Gasteiger partial charge < -0.3 is 10.4 Å². The molecule has 116 valence electrons. The summed E-state index contributed by atoms with van der Waals surface area (Å²) in [5, 5.41) is 12.9. The number of anilines is 1. The fourth-order valence-electron chi connectivity index (χ4n) is 3.80. The molecule has 2 aromatic rings. The van der Waals surface area contributed by atoms with Gasteiger partial charge in [-0.25, -0.2) is 9.18 Å². The van der Waals surface area contributed by atoms with Gasteiger partial charge in [-0.1, -0.05) is 36.4 Å². The molecule has 1 aliphatic heterocycles. The summed E-state index contributed by atoms with van der Waals surface area (Å²) in [5.41, 5.74) is 2.98. The van der Waals surface area contributed by atoms with Crippen molar-refractivity contribution in [1.29, 1.82) is 0 Å². The quantitative estimate of drug-likeness (QED) is 0.811. The average Bonchev–Trinajstić information content (AvgIpc) is 3.04. The highest BCUT2D eigenvalue weighted by atomic mass is 19.1. The lowest BCUT2D eigenvalue weighted by molar-refractivity contribution is 0.0697. The van der Waals surface area contributed by atoms with Gasteiger partial charge in [0.2, 0.25) is 0 Å². The molecule has 2 aromatic carbocycles. The lowest BCUT2D eigenvalue weighted by Crippen LogP contribution is -2.30. The smallest absolute Gasteiger partial charge is 0.337 e. The maximum Gasteiger partial charge on any atom is 0.337 e. The molecule has 0 amide bonds. The van der Waals surface area contributed by atoms with E-state index >= 15 is 0 Å². The lowest BCUT2D eigenvalue weighted by atomic mass is 9.76. The molecule has 0 bridgehead atoms.